The van der Waals surface area contributed by atoms with Gasteiger partial charge in [-0.2, -0.15) is 11.8 Å². The molecule has 1 aliphatic heterocycles. The fraction of sp³-hybridized carbons (Fsp3) is 0.733. The molecule has 0 amide bonds. The monoisotopic (exact) mass is 472 g/mol. The van der Waals surface area contributed by atoms with Crippen LogP contribution in [0.1, 0.15) is 116 Å². The molecule has 0 saturated carbocycles. The van der Waals surface area contributed by atoms with Crippen molar-refractivity contribution in [2.45, 2.75) is 116 Å². The van der Waals surface area contributed by atoms with Crippen LogP contribution in [0.25, 0.3) is 0 Å². The maximum absolute atomic E-state index is 2.44. The molecule has 2 nitrogen and oxygen atoms in total. The number of hydrogen-bond acceptors (Lipinski definition) is 3. The van der Waals surface area contributed by atoms with Crippen molar-refractivity contribution in [1.82, 2.24) is 4.90 Å². The maximum atomic E-state index is 2.44. The van der Waals surface area contributed by atoms with Gasteiger partial charge in [-0.05, 0) is 42.9 Å². The molecule has 0 bridgehead atoms. The van der Waals surface area contributed by atoms with Crippen molar-refractivity contribution >= 4 is 17.4 Å². The highest BCUT2D eigenvalue weighted by atomic mass is 32.2. The SMILES string of the molecule is CCCCCCCCCCSCCCCCCCCCCCN1C=CN(c2ccccc2)C1. The summed E-state index contributed by atoms with van der Waals surface area (Å²) in [4.78, 5) is 4.77. The van der Waals surface area contributed by atoms with Gasteiger partial charge in [0.05, 0.1) is 6.67 Å². The lowest BCUT2D eigenvalue weighted by Gasteiger charge is -2.21. The first-order chi connectivity index (χ1) is 16.4. The van der Waals surface area contributed by atoms with Crippen LogP contribution in [0.15, 0.2) is 42.7 Å². The van der Waals surface area contributed by atoms with Gasteiger partial charge in [-0.3, -0.25) is 0 Å². The zero-order chi connectivity index (χ0) is 23.2. The van der Waals surface area contributed by atoms with Crippen molar-refractivity contribution in [2.24, 2.45) is 0 Å². The molecular weight excluding hydrogens is 420 g/mol. The molecule has 1 aromatic rings. The Hall–Kier alpha value is -1.09. The first-order valence-corrected chi connectivity index (χ1v) is 15.4. The molecule has 0 aromatic heterocycles. The van der Waals surface area contributed by atoms with E-state index < -0.39 is 0 Å². The molecule has 3 heteroatoms. The topological polar surface area (TPSA) is 6.48 Å². The Morgan fingerprint density at radius 1 is 0.606 bits per heavy atom. The maximum Gasteiger partial charge on any atom is 0.0941 e. The van der Waals surface area contributed by atoms with Crippen LogP contribution in [0.3, 0.4) is 0 Å². The largest absolute Gasteiger partial charge is 0.358 e. The molecule has 0 radical (unpaired) electrons. The molecule has 0 aliphatic carbocycles. The number of rotatable bonds is 22. The molecule has 1 aliphatic rings. The van der Waals surface area contributed by atoms with Gasteiger partial charge >= 0.3 is 0 Å². The van der Waals surface area contributed by atoms with E-state index in [0.717, 1.165) is 6.67 Å². The smallest absolute Gasteiger partial charge is 0.0941 e. The second-order valence-electron chi connectivity index (χ2n) is 9.83. The van der Waals surface area contributed by atoms with Crippen molar-refractivity contribution in [3.63, 3.8) is 0 Å². The summed E-state index contributed by atoms with van der Waals surface area (Å²) in [5.41, 5.74) is 1.29. The van der Waals surface area contributed by atoms with Crippen LogP contribution >= 0.6 is 11.8 Å². The minimum atomic E-state index is 1.00. The zero-order valence-corrected chi connectivity index (χ0v) is 22.5. The van der Waals surface area contributed by atoms with E-state index in [9.17, 15) is 0 Å². The van der Waals surface area contributed by atoms with Gasteiger partial charge in [-0.1, -0.05) is 115 Å². The van der Waals surface area contributed by atoms with Gasteiger partial charge in [0.2, 0.25) is 0 Å². The summed E-state index contributed by atoms with van der Waals surface area (Å²) in [5, 5.41) is 0. The van der Waals surface area contributed by atoms with E-state index in [1.807, 2.05) is 0 Å². The quantitative estimate of drug-likeness (QED) is 0.155. The number of nitrogens with zero attached hydrogens (tertiary/aromatic N) is 2. The summed E-state index contributed by atoms with van der Waals surface area (Å²) in [6.45, 7) is 4.49. The fourth-order valence-electron chi connectivity index (χ4n) is 4.59. The summed E-state index contributed by atoms with van der Waals surface area (Å²) in [6, 6.07) is 10.7. The number of anilines is 1. The Kier molecular flexibility index (Phi) is 17.3. The van der Waals surface area contributed by atoms with Crippen molar-refractivity contribution in [3.05, 3.63) is 42.7 Å². The number of thioether (sulfide) groups is 1. The molecular formula is C30H52N2S. The lowest BCUT2D eigenvalue weighted by Crippen LogP contribution is -2.25. The van der Waals surface area contributed by atoms with Gasteiger partial charge in [0.1, 0.15) is 0 Å². The zero-order valence-electron chi connectivity index (χ0n) is 21.7. The lowest BCUT2D eigenvalue weighted by molar-refractivity contribution is 0.388. The lowest BCUT2D eigenvalue weighted by atomic mass is 10.1. The molecule has 0 saturated heterocycles. The van der Waals surface area contributed by atoms with Crippen LogP contribution in [0.5, 0.6) is 0 Å². The highest BCUT2D eigenvalue weighted by Crippen LogP contribution is 2.19. The van der Waals surface area contributed by atoms with E-state index in [0.29, 0.717) is 0 Å². The van der Waals surface area contributed by atoms with Crippen molar-refractivity contribution in [1.29, 1.82) is 0 Å². The van der Waals surface area contributed by atoms with E-state index >= 15 is 0 Å². The predicted octanol–water partition coefficient (Wildman–Crippen LogP) is 9.62. The molecule has 0 unspecified atom stereocenters. The van der Waals surface area contributed by atoms with Gasteiger partial charge in [-0.15, -0.1) is 0 Å². The number of unbranched alkanes of at least 4 members (excludes halogenated alkanes) is 15. The Bertz CT molecular complexity index is 574. The summed E-state index contributed by atoms with van der Waals surface area (Å²) in [6.07, 6.45) is 28.8. The van der Waals surface area contributed by atoms with Crippen molar-refractivity contribution < 1.29 is 0 Å². The second kappa shape index (κ2) is 20.3. The van der Waals surface area contributed by atoms with Crippen LogP contribution < -0.4 is 4.90 Å². The van der Waals surface area contributed by atoms with E-state index in [-0.39, 0.29) is 0 Å². The molecule has 33 heavy (non-hydrogen) atoms. The van der Waals surface area contributed by atoms with E-state index in [4.69, 9.17) is 0 Å². The number of para-hydroxylation sites is 1. The summed E-state index contributed by atoms with van der Waals surface area (Å²) >= 11 is 2.20. The van der Waals surface area contributed by atoms with E-state index in [1.54, 1.807) is 0 Å². The highest BCUT2D eigenvalue weighted by molar-refractivity contribution is 7.99. The average molecular weight is 473 g/mol. The molecule has 1 aromatic carbocycles. The van der Waals surface area contributed by atoms with E-state index in [2.05, 4.69) is 71.2 Å². The van der Waals surface area contributed by atoms with Crippen LogP contribution in [0, 0.1) is 0 Å². The Morgan fingerprint density at radius 3 is 1.70 bits per heavy atom. The summed E-state index contributed by atoms with van der Waals surface area (Å²) < 4.78 is 0. The Morgan fingerprint density at radius 2 is 1.12 bits per heavy atom. The fourth-order valence-corrected chi connectivity index (χ4v) is 5.61. The van der Waals surface area contributed by atoms with Crippen LogP contribution in [0.2, 0.25) is 0 Å². The molecule has 0 fully saturated rings. The molecule has 2 rings (SSSR count). The molecule has 0 atom stereocenters. The van der Waals surface area contributed by atoms with E-state index in [1.165, 1.54) is 133 Å². The third kappa shape index (κ3) is 14.7. The normalized spacial score (nSPS) is 13.4. The van der Waals surface area contributed by atoms with Crippen LogP contribution in [-0.4, -0.2) is 29.6 Å². The van der Waals surface area contributed by atoms with Crippen molar-refractivity contribution in [2.75, 3.05) is 29.6 Å². The first kappa shape index (κ1) is 28.1. The molecule has 0 spiro atoms. The standard InChI is InChI=1S/C30H52N2S/c1-2-3-4-5-6-11-14-20-27-33-28-21-15-12-9-7-8-10-13-19-24-31-25-26-32(29-31)30-22-17-16-18-23-30/h16-18,22-23,25-26H,2-15,19-21,24,27-29H2,1H3. The average Bonchev–Trinajstić information content (AvgIpc) is 3.32. The third-order valence-corrected chi connectivity index (χ3v) is 7.91. The summed E-state index contributed by atoms with van der Waals surface area (Å²) in [7, 11) is 0. The highest BCUT2D eigenvalue weighted by Gasteiger charge is 2.12. The van der Waals surface area contributed by atoms with Gasteiger partial charge in [-0.25, -0.2) is 0 Å². The number of hydrogen-bond donors (Lipinski definition) is 0. The van der Waals surface area contributed by atoms with Gasteiger partial charge in [0.15, 0.2) is 0 Å². The van der Waals surface area contributed by atoms with Crippen LogP contribution in [-0.2, 0) is 0 Å². The molecule has 0 N–H and O–H groups in total. The second-order valence-corrected chi connectivity index (χ2v) is 11.1. The van der Waals surface area contributed by atoms with Crippen LogP contribution in [0.4, 0.5) is 5.69 Å². The third-order valence-electron chi connectivity index (χ3n) is 6.76. The minimum Gasteiger partial charge on any atom is -0.358 e. The van der Waals surface area contributed by atoms with Gasteiger partial charge in [0, 0.05) is 24.6 Å². The first-order valence-electron chi connectivity index (χ1n) is 14.2. The Labute approximate surface area is 210 Å². The Balaban J connectivity index is 1.25. The number of benzene rings is 1. The molecule has 1 heterocycles. The summed E-state index contributed by atoms with van der Waals surface area (Å²) in [5.74, 6) is 2.79. The van der Waals surface area contributed by atoms with Gasteiger partial charge < -0.3 is 9.80 Å². The predicted molar refractivity (Wildman–Crippen MR) is 151 cm³/mol. The van der Waals surface area contributed by atoms with Crippen molar-refractivity contribution in [3.8, 4) is 0 Å². The molecule has 188 valence electrons. The van der Waals surface area contributed by atoms with Gasteiger partial charge in [0.25, 0.3) is 0 Å². The minimum absolute atomic E-state index is 1.00.